The summed E-state index contributed by atoms with van der Waals surface area (Å²) in [5.74, 6) is 0.343. The maximum atomic E-state index is 11.8. The van der Waals surface area contributed by atoms with Crippen LogP contribution >= 0.6 is 0 Å². The zero-order valence-corrected chi connectivity index (χ0v) is 9.19. The average molecular weight is 242 g/mol. The molecule has 2 rings (SSSR count). The molecule has 0 aliphatic heterocycles. The van der Waals surface area contributed by atoms with Crippen LogP contribution < -0.4 is 10.5 Å². The largest absolute Gasteiger partial charge is 0.383 e. The van der Waals surface area contributed by atoms with E-state index >= 15 is 0 Å². The van der Waals surface area contributed by atoms with Crippen molar-refractivity contribution in [3.63, 3.8) is 0 Å². The monoisotopic (exact) mass is 242 g/mol. The highest BCUT2D eigenvalue weighted by Gasteiger charge is 2.20. The van der Waals surface area contributed by atoms with E-state index in [1.54, 1.807) is 7.05 Å². The number of aryl methyl sites for hydroxylation is 1. The van der Waals surface area contributed by atoms with Crippen LogP contribution in [0.15, 0.2) is 23.4 Å². The zero-order valence-electron chi connectivity index (χ0n) is 8.38. The van der Waals surface area contributed by atoms with Crippen molar-refractivity contribution in [2.45, 2.75) is 4.90 Å². The molecule has 0 atom stereocenters. The molecule has 0 aromatic carbocycles. The minimum absolute atomic E-state index is 0.00494. The normalized spacial score (nSPS) is 11.6. The van der Waals surface area contributed by atoms with E-state index in [0.29, 0.717) is 5.82 Å². The molecular formula is C7H10N6O2S. The molecule has 16 heavy (non-hydrogen) atoms. The van der Waals surface area contributed by atoms with Gasteiger partial charge in [-0.3, -0.25) is 14.5 Å². The molecule has 0 amide bonds. The molecule has 0 saturated carbocycles. The van der Waals surface area contributed by atoms with Gasteiger partial charge in [0, 0.05) is 13.1 Å². The van der Waals surface area contributed by atoms with E-state index in [1.807, 2.05) is 0 Å². The van der Waals surface area contributed by atoms with Gasteiger partial charge in [0.1, 0.15) is 16.5 Å². The number of hydrogen-bond acceptors (Lipinski definition) is 5. The third-order valence-corrected chi connectivity index (χ3v) is 3.36. The topological polar surface area (TPSA) is 119 Å². The van der Waals surface area contributed by atoms with Gasteiger partial charge in [-0.15, -0.1) is 0 Å². The first-order valence-corrected chi connectivity index (χ1v) is 5.78. The molecule has 8 nitrogen and oxygen atoms in total. The Bertz CT molecular complexity index is 598. The van der Waals surface area contributed by atoms with Crippen LogP contribution in [0.25, 0.3) is 0 Å². The van der Waals surface area contributed by atoms with Gasteiger partial charge in [-0.2, -0.15) is 10.2 Å². The number of hydrogen-bond donors (Lipinski definition) is 3. The first-order valence-electron chi connectivity index (χ1n) is 4.30. The van der Waals surface area contributed by atoms with Gasteiger partial charge in [0.15, 0.2) is 0 Å². The molecule has 0 saturated heterocycles. The third kappa shape index (κ3) is 1.72. The van der Waals surface area contributed by atoms with Crippen LogP contribution in [-0.2, 0) is 17.1 Å². The highest BCUT2D eigenvalue weighted by molar-refractivity contribution is 7.92. The predicted octanol–water partition coefficient (Wildman–Crippen LogP) is -0.474. The average Bonchev–Trinajstić information content (AvgIpc) is 2.76. The number of aromatic amines is 1. The van der Waals surface area contributed by atoms with Gasteiger partial charge in [0.05, 0.1) is 12.4 Å². The fraction of sp³-hybridized carbons (Fsp3) is 0.143. The lowest BCUT2D eigenvalue weighted by atomic mass is 10.7. The van der Waals surface area contributed by atoms with Gasteiger partial charge in [0.25, 0.3) is 10.0 Å². The molecule has 4 N–H and O–H groups in total. The smallest absolute Gasteiger partial charge is 0.268 e. The van der Waals surface area contributed by atoms with Crippen LogP contribution in [-0.4, -0.2) is 28.4 Å². The first-order chi connectivity index (χ1) is 7.50. The van der Waals surface area contributed by atoms with Crippen molar-refractivity contribution < 1.29 is 8.42 Å². The molecular weight excluding hydrogens is 232 g/mol. The SMILES string of the molecule is Cn1nccc1NS(=O)(=O)c1cn[nH]c1N. The Hall–Kier alpha value is -2.03. The number of aromatic nitrogens is 4. The summed E-state index contributed by atoms with van der Waals surface area (Å²) in [7, 11) is -2.10. The molecule has 0 fully saturated rings. The van der Waals surface area contributed by atoms with Crippen LogP contribution in [0.1, 0.15) is 0 Å². The highest BCUT2D eigenvalue weighted by atomic mass is 32.2. The molecule has 0 unspecified atom stereocenters. The Kier molecular flexibility index (Phi) is 2.31. The van der Waals surface area contributed by atoms with Gasteiger partial charge in [0.2, 0.25) is 0 Å². The third-order valence-electron chi connectivity index (χ3n) is 1.98. The van der Waals surface area contributed by atoms with Crippen LogP contribution in [0, 0.1) is 0 Å². The van der Waals surface area contributed by atoms with Gasteiger partial charge >= 0.3 is 0 Å². The molecule has 2 aromatic rings. The second-order valence-electron chi connectivity index (χ2n) is 3.09. The van der Waals surface area contributed by atoms with Crippen molar-refractivity contribution in [1.82, 2.24) is 20.0 Å². The Labute approximate surface area is 91.5 Å². The van der Waals surface area contributed by atoms with Gasteiger partial charge in [-0.25, -0.2) is 8.42 Å². The summed E-state index contributed by atoms with van der Waals surface area (Å²) in [5, 5.41) is 9.74. The summed E-state index contributed by atoms with van der Waals surface area (Å²) in [4.78, 5) is -0.0892. The number of nitrogen functional groups attached to an aromatic ring is 1. The summed E-state index contributed by atoms with van der Waals surface area (Å²) < 4.78 is 27.4. The summed E-state index contributed by atoms with van der Waals surface area (Å²) in [6.07, 6.45) is 2.63. The Morgan fingerprint density at radius 3 is 2.81 bits per heavy atom. The van der Waals surface area contributed by atoms with E-state index in [-0.39, 0.29) is 10.7 Å². The Morgan fingerprint density at radius 1 is 1.56 bits per heavy atom. The minimum Gasteiger partial charge on any atom is -0.383 e. The standard InChI is InChI=1S/C7H10N6O2S/c1-13-6(2-3-10-13)12-16(14,15)5-4-9-11-7(5)8/h2-4,12H,1H3,(H3,8,9,11). The van der Waals surface area contributed by atoms with Crippen molar-refractivity contribution in [2.24, 2.45) is 7.05 Å². The number of nitrogens with zero attached hydrogens (tertiary/aromatic N) is 3. The van der Waals surface area contributed by atoms with Crippen LogP contribution in [0.4, 0.5) is 11.6 Å². The summed E-state index contributed by atoms with van der Waals surface area (Å²) in [6.45, 7) is 0. The number of nitrogens with two attached hydrogens (primary N) is 1. The molecule has 0 radical (unpaired) electrons. The van der Waals surface area contributed by atoms with Crippen LogP contribution in [0.3, 0.4) is 0 Å². The van der Waals surface area contributed by atoms with E-state index in [0.717, 1.165) is 6.20 Å². The molecule has 2 heterocycles. The van der Waals surface area contributed by atoms with E-state index < -0.39 is 10.0 Å². The fourth-order valence-electron chi connectivity index (χ4n) is 1.17. The van der Waals surface area contributed by atoms with E-state index in [1.165, 1.54) is 16.9 Å². The van der Waals surface area contributed by atoms with Gasteiger partial charge in [-0.1, -0.05) is 0 Å². The summed E-state index contributed by atoms with van der Waals surface area (Å²) >= 11 is 0. The number of nitrogens with one attached hydrogen (secondary N) is 2. The number of sulfonamides is 1. The molecule has 2 aromatic heterocycles. The fourth-order valence-corrected chi connectivity index (χ4v) is 2.28. The Balaban J connectivity index is 2.36. The van der Waals surface area contributed by atoms with E-state index in [9.17, 15) is 8.42 Å². The molecule has 0 aliphatic rings. The lowest BCUT2D eigenvalue weighted by molar-refractivity contribution is 0.600. The van der Waals surface area contributed by atoms with Crippen LogP contribution in [0.5, 0.6) is 0 Å². The van der Waals surface area contributed by atoms with E-state index in [2.05, 4.69) is 20.0 Å². The van der Waals surface area contributed by atoms with E-state index in [4.69, 9.17) is 5.73 Å². The number of anilines is 2. The Morgan fingerprint density at radius 2 is 2.31 bits per heavy atom. The van der Waals surface area contributed by atoms with Crippen LogP contribution in [0.2, 0.25) is 0 Å². The molecule has 0 aliphatic carbocycles. The minimum atomic E-state index is -3.72. The predicted molar refractivity (Wildman–Crippen MR) is 57.0 cm³/mol. The molecule has 0 bridgehead atoms. The lowest BCUT2D eigenvalue weighted by Gasteiger charge is -2.06. The summed E-state index contributed by atoms with van der Waals surface area (Å²) in [5.41, 5.74) is 5.43. The van der Waals surface area contributed by atoms with Crippen molar-refractivity contribution in [3.8, 4) is 0 Å². The van der Waals surface area contributed by atoms with Crippen molar-refractivity contribution in [2.75, 3.05) is 10.5 Å². The second-order valence-corrected chi connectivity index (χ2v) is 4.74. The van der Waals surface area contributed by atoms with Gasteiger partial charge < -0.3 is 5.73 Å². The van der Waals surface area contributed by atoms with Gasteiger partial charge in [-0.05, 0) is 0 Å². The zero-order chi connectivity index (χ0) is 11.8. The molecule has 9 heteroatoms. The van der Waals surface area contributed by atoms with Crippen molar-refractivity contribution >= 4 is 21.7 Å². The maximum absolute atomic E-state index is 11.8. The quantitative estimate of drug-likeness (QED) is 0.672. The highest BCUT2D eigenvalue weighted by Crippen LogP contribution is 2.18. The van der Waals surface area contributed by atoms with Crippen molar-refractivity contribution in [3.05, 3.63) is 18.5 Å². The number of H-pyrrole nitrogens is 1. The maximum Gasteiger partial charge on any atom is 0.268 e. The number of rotatable bonds is 3. The molecule has 0 spiro atoms. The summed E-state index contributed by atoms with van der Waals surface area (Å²) in [6, 6.07) is 1.54. The second kappa shape index (κ2) is 3.52. The van der Waals surface area contributed by atoms with Crippen molar-refractivity contribution in [1.29, 1.82) is 0 Å². The first kappa shape index (κ1) is 10.5. The lowest BCUT2D eigenvalue weighted by Crippen LogP contribution is -2.16. The molecule has 86 valence electrons.